The summed E-state index contributed by atoms with van der Waals surface area (Å²) in [7, 11) is 1.51. The molecule has 53 heavy (non-hydrogen) atoms. The molecule has 1 aromatic rings. The summed E-state index contributed by atoms with van der Waals surface area (Å²) in [5, 5.41) is 13.7. The largest absolute Gasteiger partial charge is 0.455 e. The monoisotopic (exact) mass is 738 g/mol. The Morgan fingerprint density at radius 2 is 1.91 bits per heavy atom. The number of morpholine rings is 1. The summed E-state index contributed by atoms with van der Waals surface area (Å²) >= 11 is 0. The zero-order valence-corrected chi connectivity index (χ0v) is 31.5. The number of esters is 1. The summed E-state index contributed by atoms with van der Waals surface area (Å²) in [6, 6.07) is 6.67. The second kappa shape index (κ2) is 18.6. The van der Waals surface area contributed by atoms with Crippen LogP contribution in [0.4, 0.5) is 0 Å². The number of aliphatic hydroxyl groups is 1. The molecule has 292 valence electrons. The van der Waals surface area contributed by atoms with E-state index in [9.17, 15) is 24.3 Å². The fraction of sp³-hybridized carbons (Fsp3) is 0.650. The Balaban J connectivity index is 1.48. The molecule has 3 amide bonds. The minimum absolute atomic E-state index is 0.0601. The third-order valence-corrected chi connectivity index (χ3v) is 11.5. The molecule has 0 radical (unpaired) electrons. The van der Waals surface area contributed by atoms with Gasteiger partial charge in [-0.1, -0.05) is 62.8 Å². The van der Waals surface area contributed by atoms with E-state index in [4.69, 9.17) is 18.9 Å². The lowest BCUT2D eigenvalue weighted by Gasteiger charge is -2.41. The van der Waals surface area contributed by atoms with E-state index in [0.717, 1.165) is 13.1 Å². The molecule has 1 aromatic carbocycles. The second-order valence-electron chi connectivity index (χ2n) is 14.7. The Labute approximate surface area is 313 Å². The van der Waals surface area contributed by atoms with Crippen molar-refractivity contribution in [3.63, 3.8) is 0 Å². The van der Waals surface area contributed by atoms with Gasteiger partial charge in [-0.2, -0.15) is 0 Å². The van der Waals surface area contributed by atoms with Gasteiger partial charge in [0.25, 0.3) is 0 Å². The van der Waals surface area contributed by atoms with Crippen LogP contribution < -0.4 is 5.32 Å². The van der Waals surface area contributed by atoms with E-state index in [2.05, 4.69) is 23.4 Å². The standard InChI is InChI=1S/C40H58N4O9/c1-6-9-15-32(46)41-29(26-50-5)35(28-13-11-10-12-14-28)52-39(49)33-31-16-17-40(53-31)34(33)37(47)44(30(25-45)27(4)8-3)36(40)38(48)43(18-7-2)20-19-42-21-23-51-24-22-42/h6-7,10-14,27,29-31,33-36,45H,1-2,8-9,15-26H2,3-5H3,(H,41,46)/t27-,29+,30-,31+,33-,34-,35+,36+,40-/m0/s1. The summed E-state index contributed by atoms with van der Waals surface area (Å²) in [6.07, 6.45) is 3.96. The number of methoxy groups -OCH3 is 1. The van der Waals surface area contributed by atoms with Crippen molar-refractivity contribution >= 4 is 23.7 Å². The van der Waals surface area contributed by atoms with E-state index in [-0.39, 0.29) is 49.8 Å². The number of fused-ring (bicyclic) bond motifs is 1. The van der Waals surface area contributed by atoms with Gasteiger partial charge in [-0.3, -0.25) is 24.1 Å². The van der Waals surface area contributed by atoms with Crippen LogP contribution in [-0.4, -0.2) is 140 Å². The molecule has 4 saturated heterocycles. The SMILES string of the molecule is C=CCCC(=O)N[C@H](COC)[C@H](OC(=O)[C@@H]1[C@H]2C(=O)N([C@@H](CO)[C@@H](C)CC)[C@H](C(=O)N(CC=C)CCN3CCOCC3)[C@]23CC[C@H]1O3)c1ccccc1. The van der Waals surface area contributed by atoms with Crippen LogP contribution in [0.5, 0.6) is 0 Å². The summed E-state index contributed by atoms with van der Waals surface area (Å²) < 4.78 is 24.1. The van der Waals surface area contributed by atoms with Gasteiger partial charge in [-0.25, -0.2) is 0 Å². The molecule has 5 rings (SSSR count). The smallest absolute Gasteiger partial charge is 0.313 e. The summed E-state index contributed by atoms with van der Waals surface area (Å²) in [5.41, 5.74) is -0.634. The topological polar surface area (TPSA) is 147 Å². The van der Waals surface area contributed by atoms with Gasteiger partial charge in [0.05, 0.1) is 56.5 Å². The molecule has 4 aliphatic rings. The average molecular weight is 739 g/mol. The number of nitrogens with zero attached hydrogens (tertiary/aromatic N) is 3. The van der Waals surface area contributed by atoms with Crippen LogP contribution >= 0.6 is 0 Å². The van der Waals surface area contributed by atoms with Gasteiger partial charge in [0, 0.05) is 46.3 Å². The minimum atomic E-state index is -1.28. The van der Waals surface area contributed by atoms with Gasteiger partial charge in [0.1, 0.15) is 17.7 Å². The Morgan fingerprint density at radius 1 is 1.17 bits per heavy atom. The number of carbonyl (C=O) groups is 4. The highest BCUT2D eigenvalue weighted by Gasteiger charge is 2.76. The minimum Gasteiger partial charge on any atom is -0.455 e. The van der Waals surface area contributed by atoms with Crippen LogP contribution in [0.1, 0.15) is 57.6 Å². The number of nitrogens with one attached hydrogen (secondary N) is 1. The molecule has 13 heteroatoms. The number of hydrogen-bond acceptors (Lipinski definition) is 10. The highest BCUT2D eigenvalue weighted by Crippen LogP contribution is 2.59. The number of benzene rings is 1. The Morgan fingerprint density at radius 3 is 2.55 bits per heavy atom. The first-order valence-corrected chi connectivity index (χ1v) is 19.1. The van der Waals surface area contributed by atoms with E-state index in [1.807, 2.05) is 44.2 Å². The van der Waals surface area contributed by atoms with Crippen molar-refractivity contribution in [1.82, 2.24) is 20.0 Å². The Bertz CT molecular complexity index is 1440. The molecule has 0 aromatic heterocycles. The normalized spacial score (nSPS) is 27.4. The molecule has 4 heterocycles. The highest BCUT2D eigenvalue weighted by atomic mass is 16.6. The summed E-state index contributed by atoms with van der Waals surface area (Å²) in [5.74, 6) is -3.69. The fourth-order valence-electron chi connectivity index (χ4n) is 8.64. The van der Waals surface area contributed by atoms with Gasteiger partial charge in [0.2, 0.25) is 17.7 Å². The molecule has 2 bridgehead atoms. The maximum atomic E-state index is 14.9. The van der Waals surface area contributed by atoms with Crippen molar-refractivity contribution < 1.29 is 43.2 Å². The molecule has 1 spiro atoms. The third-order valence-electron chi connectivity index (χ3n) is 11.5. The zero-order valence-electron chi connectivity index (χ0n) is 31.5. The van der Waals surface area contributed by atoms with Crippen LogP contribution in [0.2, 0.25) is 0 Å². The number of ether oxygens (including phenoxy) is 4. The van der Waals surface area contributed by atoms with Crippen molar-refractivity contribution in [3.8, 4) is 0 Å². The zero-order chi connectivity index (χ0) is 38.1. The van der Waals surface area contributed by atoms with Gasteiger partial charge in [-0.15, -0.1) is 13.2 Å². The number of aliphatic hydroxyl groups excluding tert-OH is 1. The van der Waals surface area contributed by atoms with Gasteiger partial charge in [0.15, 0.2) is 0 Å². The molecular weight excluding hydrogens is 680 g/mol. The van der Waals surface area contributed by atoms with E-state index in [0.29, 0.717) is 57.6 Å². The van der Waals surface area contributed by atoms with E-state index in [1.54, 1.807) is 17.1 Å². The fourth-order valence-corrected chi connectivity index (χ4v) is 8.64. The average Bonchev–Trinajstić information content (AvgIpc) is 3.82. The lowest BCUT2D eigenvalue weighted by molar-refractivity contribution is -0.164. The molecule has 4 aliphatic heterocycles. The van der Waals surface area contributed by atoms with Crippen molar-refractivity contribution in [2.24, 2.45) is 17.8 Å². The molecule has 0 aliphatic carbocycles. The van der Waals surface area contributed by atoms with Crippen LogP contribution in [0.25, 0.3) is 0 Å². The van der Waals surface area contributed by atoms with E-state index in [1.165, 1.54) is 12.0 Å². The van der Waals surface area contributed by atoms with Crippen molar-refractivity contribution in [3.05, 3.63) is 61.2 Å². The molecule has 0 unspecified atom stereocenters. The predicted molar refractivity (Wildman–Crippen MR) is 197 cm³/mol. The van der Waals surface area contributed by atoms with E-state index < -0.39 is 53.7 Å². The van der Waals surface area contributed by atoms with Gasteiger partial charge in [-0.05, 0) is 30.7 Å². The molecule has 0 saturated carbocycles. The van der Waals surface area contributed by atoms with Crippen molar-refractivity contribution in [2.45, 2.75) is 81.9 Å². The maximum absolute atomic E-state index is 14.9. The van der Waals surface area contributed by atoms with Gasteiger partial charge < -0.3 is 39.2 Å². The molecule has 13 nitrogen and oxygen atoms in total. The summed E-state index contributed by atoms with van der Waals surface area (Å²) in [4.78, 5) is 62.8. The number of likely N-dealkylation sites (tertiary alicyclic amines) is 1. The van der Waals surface area contributed by atoms with E-state index >= 15 is 0 Å². The van der Waals surface area contributed by atoms with Crippen LogP contribution in [0.3, 0.4) is 0 Å². The predicted octanol–water partition coefficient (Wildman–Crippen LogP) is 2.50. The molecule has 4 fully saturated rings. The van der Waals surface area contributed by atoms with Crippen molar-refractivity contribution in [2.75, 3.05) is 66.3 Å². The third kappa shape index (κ3) is 8.54. The number of amides is 3. The highest BCUT2D eigenvalue weighted by molar-refractivity contribution is 5.98. The van der Waals surface area contributed by atoms with Crippen LogP contribution in [0.15, 0.2) is 55.6 Å². The lowest BCUT2D eigenvalue weighted by Crippen LogP contribution is -2.60. The van der Waals surface area contributed by atoms with Crippen LogP contribution in [0, 0.1) is 17.8 Å². The molecular formula is C40H58N4O9. The number of allylic oxidation sites excluding steroid dienone is 1. The quantitative estimate of drug-likeness (QED) is 0.151. The second-order valence-corrected chi connectivity index (χ2v) is 14.7. The molecule has 2 N–H and O–H groups in total. The first-order valence-electron chi connectivity index (χ1n) is 19.1. The maximum Gasteiger partial charge on any atom is 0.313 e. The molecule has 9 atom stereocenters. The van der Waals surface area contributed by atoms with Crippen molar-refractivity contribution in [1.29, 1.82) is 0 Å². The number of hydrogen-bond donors (Lipinski definition) is 2. The Kier molecular flexibility index (Phi) is 14.2. The number of rotatable bonds is 20. The Hall–Kier alpha value is -3.62. The van der Waals surface area contributed by atoms with Gasteiger partial charge >= 0.3 is 5.97 Å². The van der Waals surface area contributed by atoms with Crippen LogP contribution in [-0.2, 0) is 38.1 Å². The first kappa shape index (κ1) is 40.6. The number of carbonyl (C=O) groups excluding carboxylic acids is 4. The lowest BCUT2D eigenvalue weighted by atomic mass is 9.70. The first-order chi connectivity index (χ1) is 25.6. The summed E-state index contributed by atoms with van der Waals surface area (Å²) in [6.45, 7) is 15.3.